The molecule has 0 aliphatic heterocycles. The molecule has 0 radical (unpaired) electrons. The molecule has 0 spiro atoms. The van der Waals surface area contributed by atoms with Gasteiger partial charge in [0.2, 0.25) is 5.91 Å². The second kappa shape index (κ2) is 6.67. The van der Waals surface area contributed by atoms with Crippen molar-refractivity contribution in [1.82, 2.24) is 5.32 Å². The van der Waals surface area contributed by atoms with Crippen molar-refractivity contribution in [2.45, 2.75) is 12.5 Å². The number of amides is 2. The monoisotopic (exact) mass is 392 g/mol. The summed E-state index contributed by atoms with van der Waals surface area (Å²) in [5.74, 6) is -2.70. The van der Waals surface area contributed by atoms with Gasteiger partial charge in [-0.25, -0.2) is 0 Å². The van der Waals surface area contributed by atoms with Crippen LogP contribution in [0.3, 0.4) is 0 Å². The van der Waals surface area contributed by atoms with E-state index in [0.29, 0.717) is 8.95 Å². The van der Waals surface area contributed by atoms with Crippen molar-refractivity contribution in [3.05, 3.63) is 32.7 Å². The van der Waals surface area contributed by atoms with E-state index < -0.39 is 30.2 Å². The number of halogens is 2. The van der Waals surface area contributed by atoms with Crippen LogP contribution in [-0.2, 0) is 9.59 Å². The first kappa shape index (κ1) is 15.6. The normalized spacial score (nSPS) is 11.7. The molecular weight excluding hydrogens is 384 g/mol. The average molecular weight is 394 g/mol. The van der Waals surface area contributed by atoms with Crippen molar-refractivity contribution in [3.63, 3.8) is 0 Å². The van der Waals surface area contributed by atoms with Gasteiger partial charge in [0.1, 0.15) is 6.04 Å². The Labute approximate surface area is 125 Å². The number of benzene rings is 1. The highest BCUT2D eigenvalue weighted by Gasteiger charge is 2.22. The lowest BCUT2D eigenvalue weighted by molar-refractivity contribution is -0.139. The van der Waals surface area contributed by atoms with Crippen molar-refractivity contribution < 1.29 is 19.5 Å². The van der Waals surface area contributed by atoms with Gasteiger partial charge in [0.15, 0.2) is 0 Å². The molecule has 102 valence electrons. The molecule has 1 aromatic carbocycles. The molecule has 0 unspecified atom stereocenters. The van der Waals surface area contributed by atoms with E-state index in [4.69, 9.17) is 10.8 Å². The largest absolute Gasteiger partial charge is 0.481 e. The molecule has 6 nitrogen and oxygen atoms in total. The second-order valence-electron chi connectivity index (χ2n) is 3.68. The average Bonchev–Trinajstić information content (AvgIpc) is 2.25. The Bertz CT molecular complexity index is 513. The molecule has 4 N–H and O–H groups in total. The first-order chi connectivity index (χ1) is 8.79. The first-order valence-electron chi connectivity index (χ1n) is 5.07. The zero-order valence-corrected chi connectivity index (χ0v) is 12.7. The van der Waals surface area contributed by atoms with Crippen molar-refractivity contribution in [2.75, 3.05) is 0 Å². The molecule has 0 saturated heterocycles. The number of nitrogens with one attached hydrogen (secondary N) is 1. The lowest BCUT2D eigenvalue weighted by Gasteiger charge is -2.13. The Morgan fingerprint density at radius 3 is 2.16 bits per heavy atom. The number of primary amides is 1. The van der Waals surface area contributed by atoms with E-state index in [2.05, 4.69) is 37.2 Å². The van der Waals surface area contributed by atoms with Gasteiger partial charge in [-0.1, -0.05) is 31.9 Å². The zero-order valence-electron chi connectivity index (χ0n) is 9.52. The van der Waals surface area contributed by atoms with E-state index in [9.17, 15) is 14.4 Å². The number of nitrogens with two attached hydrogens (primary N) is 1. The number of rotatable bonds is 5. The SMILES string of the molecule is NC(=O)[C@H](CC(=O)O)NC(=O)c1cc(Br)cc(Br)c1. The molecule has 0 aliphatic carbocycles. The van der Waals surface area contributed by atoms with Gasteiger partial charge < -0.3 is 16.2 Å². The molecule has 1 rings (SSSR count). The highest BCUT2D eigenvalue weighted by molar-refractivity contribution is 9.11. The van der Waals surface area contributed by atoms with Crippen molar-refractivity contribution in [2.24, 2.45) is 5.73 Å². The fourth-order valence-electron chi connectivity index (χ4n) is 1.32. The van der Waals surface area contributed by atoms with Gasteiger partial charge in [0, 0.05) is 14.5 Å². The van der Waals surface area contributed by atoms with Gasteiger partial charge in [0.05, 0.1) is 6.42 Å². The van der Waals surface area contributed by atoms with Gasteiger partial charge in [0.25, 0.3) is 5.91 Å². The van der Waals surface area contributed by atoms with Crippen LogP contribution < -0.4 is 11.1 Å². The van der Waals surface area contributed by atoms with Gasteiger partial charge in [-0.2, -0.15) is 0 Å². The van der Waals surface area contributed by atoms with Gasteiger partial charge in [-0.05, 0) is 18.2 Å². The van der Waals surface area contributed by atoms with E-state index in [-0.39, 0.29) is 5.56 Å². The minimum atomic E-state index is -1.25. The Balaban J connectivity index is 2.87. The molecule has 1 aromatic rings. The molecule has 0 bridgehead atoms. The van der Waals surface area contributed by atoms with Crippen LogP contribution in [0.2, 0.25) is 0 Å². The van der Waals surface area contributed by atoms with E-state index in [0.717, 1.165) is 0 Å². The molecule has 0 aromatic heterocycles. The van der Waals surface area contributed by atoms with Crippen LogP contribution in [-0.4, -0.2) is 28.9 Å². The summed E-state index contributed by atoms with van der Waals surface area (Å²) in [5, 5.41) is 10.9. The van der Waals surface area contributed by atoms with Crippen LogP contribution in [0.25, 0.3) is 0 Å². The predicted molar refractivity (Wildman–Crippen MR) is 74.5 cm³/mol. The molecule has 0 aliphatic rings. The summed E-state index contributed by atoms with van der Waals surface area (Å²) in [4.78, 5) is 33.5. The van der Waals surface area contributed by atoms with Gasteiger partial charge in [-0.3, -0.25) is 14.4 Å². The maximum Gasteiger partial charge on any atom is 0.305 e. The first-order valence-corrected chi connectivity index (χ1v) is 6.66. The number of hydrogen-bond donors (Lipinski definition) is 3. The maximum absolute atomic E-state index is 11.9. The lowest BCUT2D eigenvalue weighted by Crippen LogP contribution is -2.45. The van der Waals surface area contributed by atoms with Crippen LogP contribution in [0.5, 0.6) is 0 Å². The third kappa shape index (κ3) is 4.99. The fraction of sp³-hybridized carbons (Fsp3) is 0.182. The van der Waals surface area contributed by atoms with Crippen molar-refractivity contribution in [3.8, 4) is 0 Å². The number of carboxylic acid groups (broad SMARTS) is 1. The minimum absolute atomic E-state index is 0.276. The number of carbonyl (C=O) groups is 3. The van der Waals surface area contributed by atoms with Crippen LogP contribution in [0.4, 0.5) is 0 Å². The van der Waals surface area contributed by atoms with Crippen molar-refractivity contribution >= 4 is 49.6 Å². The summed E-state index contributed by atoms with van der Waals surface area (Å²) in [6.07, 6.45) is -0.559. The smallest absolute Gasteiger partial charge is 0.305 e. The Kier molecular flexibility index (Phi) is 5.49. The predicted octanol–water partition coefficient (Wildman–Crippen LogP) is 1.27. The van der Waals surface area contributed by atoms with E-state index in [1.807, 2.05) is 0 Å². The summed E-state index contributed by atoms with van der Waals surface area (Å²) < 4.78 is 1.33. The molecule has 0 heterocycles. The highest BCUT2D eigenvalue weighted by atomic mass is 79.9. The summed E-state index contributed by atoms with van der Waals surface area (Å²) in [6.45, 7) is 0. The summed E-state index contributed by atoms with van der Waals surface area (Å²) in [6, 6.07) is 3.57. The Morgan fingerprint density at radius 2 is 1.74 bits per heavy atom. The van der Waals surface area contributed by atoms with Crippen molar-refractivity contribution in [1.29, 1.82) is 0 Å². The van der Waals surface area contributed by atoms with Gasteiger partial charge >= 0.3 is 5.97 Å². The van der Waals surface area contributed by atoms with Crippen LogP contribution >= 0.6 is 31.9 Å². The second-order valence-corrected chi connectivity index (χ2v) is 5.52. The quantitative estimate of drug-likeness (QED) is 0.699. The zero-order chi connectivity index (χ0) is 14.6. The molecule has 0 fully saturated rings. The maximum atomic E-state index is 11.9. The van der Waals surface area contributed by atoms with Crippen LogP contribution in [0.1, 0.15) is 16.8 Å². The summed E-state index contributed by atoms with van der Waals surface area (Å²) >= 11 is 6.44. The molecule has 8 heteroatoms. The third-order valence-corrected chi connectivity index (χ3v) is 3.07. The molecule has 0 saturated carbocycles. The molecular formula is C11H10Br2N2O4. The van der Waals surface area contributed by atoms with Crippen LogP contribution in [0.15, 0.2) is 27.1 Å². The molecule has 2 amide bonds. The molecule has 19 heavy (non-hydrogen) atoms. The number of carbonyl (C=O) groups excluding carboxylic acids is 2. The Morgan fingerprint density at radius 1 is 1.21 bits per heavy atom. The Hall–Kier alpha value is -1.41. The number of carboxylic acids is 1. The topological polar surface area (TPSA) is 109 Å². The van der Waals surface area contributed by atoms with E-state index >= 15 is 0 Å². The lowest BCUT2D eigenvalue weighted by atomic mass is 10.1. The third-order valence-electron chi connectivity index (χ3n) is 2.15. The fourth-order valence-corrected chi connectivity index (χ4v) is 2.62. The summed E-state index contributed by atoms with van der Waals surface area (Å²) in [7, 11) is 0. The van der Waals surface area contributed by atoms with E-state index in [1.165, 1.54) is 0 Å². The molecule has 1 atom stereocenters. The van der Waals surface area contributed by atoms with E-state index in [1.54, 1.807) is 18.2 Å². The summed E-state index contributed by atoms with van der Waals surface area (Å²) in [5.41, 5.74) is 5.31. The minimum Gasteiger partial charge on any atom is -0.481 e. The number of hydrogen-bond acceptors (Lipinski definition) is 3. The standard InChI is InChI=1S/C11H10Br2N2O4/c12-6-1-5(2-7(13)3-6)11(19)15-8(10(14)18)4-9(16)17/h1-3,8H,4H2,(H2,14,18)(H,15,19)(H,16,17)/t8-/m0/s1. The van der Waals surface area contributed by atoms with Gasteiger partial charge in [-0.15, -0.1) is 0 Å². The van der Waals surface area contributed by atoms with Crippen LogP contribution in [0, 0.1) is 0 Å². The number of aliphatic carboxylic acids is 1. The highest BCUT2D eigenvalue weighted by Crippen LogP contribution is 2.20.